The number of aromatic nitrogens is 1. The van der Waals surface area contributed by atoms with Crippen molar-refractivity contribution in [2.75, 3.05) is 18.0 Å². The van der Waals surface area contributed by atoms with Crippen LogP contribution in [0, 0.1) is 10.1 Å². The average molecular weight is 192 g/mol. The van der Waals surface area contributed by atoms with Gasteiger partial charge in [-0.1, -0.05) is 0 Å². The smallest absolute Gasteiger partial charge is 0.287 e. The lowest BCUT2D eigenvalue weighted by Gasteiger charge is -2.11. The highest BCUT2D eigenvalue weighted by molar-refractivity contribution is 5.79. The number of pyridine rings is 1. The fourth-order valence-electron chi connectivity index (χ4n) is 1.21. The van der Waals surface area contributed by atoms with Crippen LogP contribution in [0.1, 0.15) is 0 Å². The number of hydrogen-bond acceptors (Lipinski definition) is 5. The molecule has 0 saturated heterocycles. The molecule has 1 aromatic heterocycles. The Labute approximate surface area is 80.0 Å². The summed E-state index contributed by atoms with van der Waals surface area (Å²) in [6.45, 7) is 1.53. The summed E-state index contributed by atoms with van der Waals surface area (Å²) in [6.07, 6.45) is 2.94. The summed E-state index contributed by atoms with van der Waals surface area (Å²) in [7, 11) is 0. The van der Waals surface area contributed by atoms with E-state index in [0.717, 1.165) is 13.1 Å². The first-order valence-electron chi connectivity index (χ1n) is 4.14. The maximum absolute atomic E-state index is 10.4. The van der Waals surface area contributed by atoms with Crippen molar-refractivity contribution in [1.29, 1.82) is 0 Å². The molecular formula is C8H8N4O2. The molecule has 0 N–H and O–H groups in total. The molecule has 2 heterocycles. The normalized spacial score (nSPS) is 14.7. The first-order chi connectivity index (χ1) is 6.77. The predicted octanol–water partition coefficient (Wildman–Crippen LogP) is 0.838. The number of hydrogen-bond donors (Lipinski definition) is 0. The van der Waals surface area contributed by atoms with Gasteiger partial charge in [-0.05, 0) is 6.07 Å². The lowest BCUT2D eigenvalue weighted by Crippen LogP contribution is -2.19. The SMILES string of the molecule is O=[N+]([O-])c1ccc(N2C=NCC2)nc1. The Morgan fingerprint density at radius 1 is 1.50 bits per heavy atom. The zero-order chi connectivity index (χ0) is 9.97. The largest absolute Gasteiger partial charge is 0.316 e. The molecule has 6 heteroatoms. The summed E-state index contributed by atoms with van der Waals surface area (Å²) in [4.78, 5) is 19.7. The maximum atomic E-state index is 10.4. The molecule has 0 radical (unpaired) electrons. The summed E-state index contributed by atoms with van der Waals surface area (Å²) < 4.78 is 0. The predicted molar refractivity (Wildman–Crippen MR) is 51.6 cm³/mol. The van der Waals surface area contributed by atoms with Crippen LogP contribution >= 0.6 is 0 Å². The van der Waals surface area contributed by atoms with E-state index < -0.39 is 4.92 Å². The van der Waals surface area contributed by atoms with Crippen LogP contribution in [0.15, 0.2) is 23.3 Å². The van der Waals surface area contributed by atoms with Crippen LogP contribution in [0.2, 0.25) is 0 Å². The van der Waals surface area contributed by atoms with E-state index in [2.05, 4.69) is 9.98 Å². The fourth-order valence-corrected chi connectivity index (χ4v) is 1.21. The van der Waals surface area contributed by atoms with Crippen LogP contribution in [0.25, 0.3) is 0 Å². The number of anilines is 1. The van der Waals surface area contributed by atoms with Gasteiger partial charge in [0.05, 0.1) is 17.8 Å². The molecule has 0 atom stereocenters. The van der Waals surface area contributed by atoms with Gasteiger partial charge < -0.3 is 4.90 Å². The van der Waals surface area contributed by atoms with E-state index in [1.165, 1.54) is 12.3 Å². The van der Waals surface area contributed by atoms with Crippen LogP contribution in [0.4, 0.5) is 11.5 Å². The summed E-state index contributed by atoms with van der Waals surface area (Å²) >= 11 is 0. The van der Waals surface area contributed by atoms with Gasteiger partial charge in [0.2, 0.25) is 0 Å². The minimum absolute atomic E-state index is 0.00452. The Morgan fingerprint density at radius 2 is 2.36 bits per heavy atom. The Bertz CT molecular complexity index is 373. The van der Waals surface area contributed by atoms with Gasteiger partial charge in [-0.3, -0.25) is 15.1 Å². The van der Waals surface area contributed by atoms with Crippen molar-refractivity contribution in [1.82, 2.24) is 4.98 Å². The highest BCUT2D eigenvalue weighted by Gasteiger charge is 2.11. The molecular weight excluding hydrogens is 184 g/mol. The number of rotatable bonds is 2. The Kier molecular flexibility index (Phi) is 2.10. The third kappa shape index (κ3) is 1.54. The van der Waals surface area contributed by atoms with Gasteiger partial charge in [0.1, 0.15) is 12.0 Å². The van der Waals surface area contributed by atoms with E-state index in [-0.39, 0.29) is 5.69 Å². The molecule has 14 heavy (non-hydrogen) atoms. The molecule has 0 aromatic carbocycles. The molecule has 0 fully saturated rings. The second kappa shape index (κ2) is 3.41. The molecule has 0 bridgehead atoms. The van der Waals surface area contributed by atoms with Crippen LogP contribution in [0.5, 0.6) is 0 Å². The van der Waals surface area contributed by atoms with Gasteiger partial charge >= 0.3 is 0 Å². The minimum atomic E-state index is -0.463. The van der Waals surface area contributed by atoms with E-state index in [4.69, 9.17) is 0 Å². The lowest BCUT2D eigenvalue weighted by atomic mass is 10.4. The fraction of sp³-hybridized carbons (Fsp3) is 0.250. The second-order valence-electron chi connectivity index (χ2n) is 2.85. The van der Waals surface area contributed by atoms with Gasteiger partial charge in [-0.15, -0.1) is 0 Å². The topological polar surface area (TPSA) is 71.6 Å². The standard InChI is InChI=1S/C8H8N4O2/c13-12(14)7-1-2-8(10-5-7)11-4-3-9-6-11/h1-2,5-6H,3-4H2. The van der Waals surface area contributed by atoms with Crippen molar-refractivity contribution in [3.8, 4) is 0 Å². The van der Waals surface area contributed by atoms with Gasteiger partial charge in [-0.2, -0.15) is 0 Å². The maximum Gasteiger partial charge on any atom is 0.287 e. The summed E-state index contributed by atoms with van der Waals surface area (Å²) in [5.74, 6) is 0.692. The van der Waals surface area contributed by atoms with E-state index >= 15 is 0 Å². The van der Waals surface area contributed by atoms with Crippen LogP contribution in [-0.4, -0.2) is 29.3 Å². The highest BCUT2D eigenvalue weighted by Crippen LogP contribution is 2.15. The molecule has 0 unspecified atom stereocenters. The third-order valence-corrected chi connectivity index (χ3v) is 1.93. The molecule has 0 saturated carbocycles. The molecule has 0 aliphatic carbocycles. The quantitative estimate of drug-likeness (QED) is 0.514. The molecule has 1 aromatic rings. The minimum Gasteiger partial charge on any atom is -0.316 e. The Hall–Kier alpha value is -1.98. The lowest BCUT2D eigenvalue weighted by molar-refractivity contribution is -0.385. The van der Waals surface area contributed by atoms with E-state index in [1.807, 2.05) is 4.90 Å². The van der Waals surface area contributed by atoms with Crippen molar-refractivity contribution >= 4 is 17.8 Å². The van der Waals surface area contributed by atoms with Crippen molar-refractivity contribution in [3.05, 3.63) is 28.4 Å². The average Bonchev–Trinajstić information content (AvgIpc) is 2.71. The molecule has 6 nitrogen and oxygen atoms in total. The van der Waals surface area contributed by atoms with E-state index in [9.17, 15) is 10.1 Å². The zero-order valence-corrected chi connectivity index (χ0v) is 7.33. The van der Waals surface area contributed by atoms with Crippen LogP contribution in [-0.2, 0) is 0 Å². The van der Waals surface area contributed by atoms with E-state index in [0.29, 0.717) is 5.82 Å². The van der Waals surface area contributed by atoms with Gasteiger partial charge in [0.15, 0.2) is 0 Å². The Morgan fingerprint density at radius 3 is 2.86 bits per heavy atom. The van der Waals surface area contributed by atoms with Gasteiger partial charge in [0, 0.05) is 12.6 Å². The summed E-state index contributed by atoms with van der Waals surface area (Å²) in [5.41, 5.74) is 0.00452. The molecule has 0 spiro atoms. The number of nitrogens with zero attached hydrogens (tertiary/aromatic N) is 4. The first-order valence-corrected chi connectivity index (χ1v) is 4.14. The highest BCUT2D eigenvalue weighted by atomic mass is 16.6. The molecule has 72 valence electrons. The number of aliphatic imine (C=N–C) groups is 1. The first kappa shape index (κ1) is 8.61. The molecule has 1 aliphatic heterocycles. The van der Waals surface area contributed by atoms with Crippen molar-refractivity contribution in [2.24, 2.45) is 4.99 Å². The van der Waals surface area contributed by atoms with E-state index in [1.54, 1.807) is 12.4 Å². The monoisotopic (exact) mass is 192 g/mol. The van der Waals surface area contributed by atoms with Crippen molar-refractivity contribution in [3.63, 3.8) is 0 Å². The number of nitro groups is 1. The molecule has 0 amide bonds. The van der Waals surface area contributed by atoms with Crippen LogP contribution in [0.3, 0.4) is 0 Å². The molecule has 2 rings (SSSR count). The van der Waals surface area contributed by atoms with Crippen molar-refractivity contribution < 1.29 is 4.92 Å². The van der Waals surface area contributed by atoms with Crippen molar-refractivity contribution in [2.45, 2.75) is 0 Å². The second-order valence-corrected chi connectivity index (χ2v) is 2.85. The third-order valence-electron chi connectivity index (χ3n) is 1.93. The van der Waals surface area contributed by atoms with Crippen LogP contribution < -0.4 is 4.90 Å². The zero-order valence-electron chi connectivity index (χ0n) is 7.33. The summed E-state index contributed by atoms with van der Waals surface area (Å²) in [6, 6.07) is 3.06. The van der Waals surface area contributed by atoms with Gasteiger partial charge in [-0.25, -0.2) is 4.98 Å². The van der Waals surface area contributed by atoms with Gasteiger partial charge in [0.25, 0.3) is 5.69 Å². The molecule has 1 aliphatic rings. The summed E-state index contributed by atoms with van der Waals surface area (Å²) in [5, 5.41) is 10.4. The Balaban J connectivity index is 2.21.